The van der Waals surface area contributed by atoms with Crippen LogP contribution in [0, 0.1) is 23.7 Å². The first-order valence-electron chi connectivity index (χ1n) is 7.35. The van der Waals surface area contributed by atoms with Crippen molar-refractivity contribution in [2.24, 2.45) is 23.7 Å². The van der Waals surface area contributed by atoms with E-state index in [1.165, 1.54) is 0 Å². The van der Waals surface area contributed by atoms with Gasteiger partial charge in [-0.1, -0.05) is 27.7 Å². The predicted octanol–water partition coefficient (Wildman–Crippen LogP) is 1.78. The van der Waals surface area contributed by atoms with Crippen molar-refractivity contribution in [1.29, 1.82) is 0 Å². The number of hydrogen-bond donors (Lipinski definition) is 1. The summed E-state index contributed by atoms with van der Waals surface area (Å²) in [6, 6.07) is 0.0390. The van der Waals surface area contributed by atoms with Crippen molar-refractivity contribution in [3.8, 4) is 0 Å². The Morgan fingerprint density at radius 1 is 1.21 bits per heavy atom. The van der Waals surface area contributed by atoms with E-state index >= 15 is 0 Å². The predicted molar refractivity (Wildman–Crippen MR) is 72.5 cm³/mol. The second kappa shape index (κ2) is 5.61. The number of carbonyl (C=O) groups is 2. The molecular formula is C15H25NO3. The van der Waals surface area contributed by atoms with Crippen LogP contribution in [0.1, 0.15) is 40.5 Å². The van der Waals surface area contributed by atoms with Gasteiger partial charge < -0.3 is 14.8 Å². The molecule has 0 saturated carbocycles. The third-order valence-electron chi connectivity index (χ3n) is 4.71. The highest BCUT2D eigenvalue weighted by Gasteiger charge is 2.45. The minimum Gasteiger partial charge on any atom is -0.460 e. The fourth-order valence-electron chi connectivity index (χ4n) is 3.39. The topological polar surface area (TPSA) is 55.4 Å². The molecule has 0 spiro atoms. The highest BCUT2D eigenvalue weighted by Crippen LogP contribution is 2.35. The number of hydrogen-bond acceptors (Lipinski definition) is 4. The summed E-state index contributed by atoms with van der Waals surface area (Å²) in [6.07, 6.45) is 2.64. The van der Waals surface area contributed by atoms with Crippen LogP contribution in [0.4, 0.5) is 0 Å². The molecule has 4 heteroatoms. The van der Waals surface area contributed by atoms with Gasteiger partial charge in [0.1, 0.15) is 12.4 Å². The lowest BCUT2D eigenvalue weighted by atomic mass is 9.86. The number of cyclic esters (lactones) is 1. The Bertz CT molecular complexity index is 353. The van der Waals surface area contributed by atoms with Crippen LogP contribution < -0.4 is 5.32 Å². The zero-order valence-electron chi connectivity index (χ0n) is 12.3. The first kappa shape index (κ1) is 14.5. The molecule has 108 valence electrons. The summed E-state index contributed by atoms with van der Waals surface area (Å²) >= 11 is 0. The number of ether oxygens (including phenoxy) is 1. The summed E-state index contributed by atoms with van der Waals surface area (Å²) in [5.74, 6) is 1.07. The molecule has 0 aromatic carbocycles. The molecule has 2 fully saturated rings. The molecule has 0 amide bonds. The van der Waals surface area contributed by atoms with E-state index in [1.807, 2.05) is 0 Å². The van der Waals surface area contributed by atoms with Gasteiger partial charge in [0.2, 0.25) is 0 Å². The van der Waals surface area contributed by atoms with Crippen LogP contribution in [-0.4, -0.2) is 30.4 Å². The number of carbonyl (C=O) groups excluding carboxylic acids is 2. The molecule has 0 radical (unpaired) electrons. The van der Waals surface area contributed by atoms with Crippen LogP contribution in [0.5, 0.6) is 0 Å². The van der Waals surface area contributed by atoms with E-state index in [1.54, 1.807) is 0 Å². The minimum absolute atomic E-state index is 0.0135. The lowest BCUT2D eigenvalue weighted by Crippen LogP contribution is -2.39. The third kappa shape index (κ3) is 2.83. The van der Waals surface area contributed by atoms with E-state index in [0.717, 1.165) is 19.1 Å². The number of aldehydes is 1. The van der Waals surface area contributed by atoms with E-state index in [2.05, 4.69) is 33.0 Å². The molecule has 2 aliphatic heterocycles. The standard InChI is InChI=1S/C15H25NO3/c1-8(2)10-5-12(16-13(10)7-17)14-6-11(9(3)4)15(18)19-14/h7-14,16H,5-6H2,1-4H3/t10-,11-,12-,13?,14-/m0/s1. The van der Waals surface area contributed by atoms with Gasteiger partial charge in [0.15, 0.2) is 0 Å². The third-order valence-corrected chi connectivity index (χ3v) is 4.71. The van der Waals surface area contributed by atoms with Gasteiger partial charge in [0, 0.05) is 6.04 Å². The fourth-order valence-corrected chi connectivity index (χ4v) is 3.39. The molecule has 2 saturated heterocycles. The molecule has 2 aliphatic rings. The second-order valence-electron chi connectivity index (χ2n) is 6.64. The zero-order chi connectivity index (χ0) is 14.2. The Balaban J connectivity index is 2.01. The van der Waals surface area contributed by atoms with Crippen LogP contribution in [0.2, 0.25) is 0 Å². The molecule has 0 aromatic heterocycles. The monoisotopic (exact) mass is 267 g/mol. The molecule has 0 bridgehead atoms. The van der Waals surface area contributed by atoms with E-state index in [0.29, 0.717) is 17.8 Å². The van der Waals surface area contributed by atoms with Gasteiger partial charge in [-0.2, -0.15) is 0 Å². The minimum atomic E-state index is -0.0956. The summed E-state index contributed by atoms with van der Waals surface area (Å²) in [5.41, 5.74) is 0. The Morgan fingerprint density at radius 3 is 2.32 bits per heavy atom. The van der Waals surface area contributed by atoms with Gasteiger partial charge in [-0.15, -0.1) is 0 Å². The quantitative estimate of drug-likeness (QED) is 0.623. The summed E-state index contributed by atoms with van der Waals surface area (Å²) in [5, 5.41) is 3.35. The lowest BCUT2D eigenvalue weighted by Gasteiger charge is -2.18. The van der Waals surface area contributed by atoms with Gasteiger partial charge in [-0.3, -0.25) is 4.79 Å². The average Bonchev–Trinajstić information content (AvgIpc) is 2.91. The van der Waals surface area contributed by atoms with Gasteiger partial charge in [0.25, 0.3) is 0 Å². The largest absolute Gasteiger partial charge is 0.460 e. The van der Waals surface area contributed by atoms with Crippen molar-refractivity contribution in [2.75, 3.05) is 0 Å². The Hall–Kier alpha value is -0.900. The molecule has 5 atom stereocenters. The normalized spacial score (nSPS) is 39.1. The molecule has 0 aromatic rings. The summed E-state index contributed by atoms with van der Waals surface area (Å²) in [7, 11) is 0. The Labute approximate surface area is 115 Å². The maximum atomic E-state index is 11.8. The molecule has 1 N–H and O–H groups in total. The van der Waals surface area contributed by atoms with Gasteiger partial charge >= 0.3 is 5.97 Å². The van der Waals surface area contributed by atoms with Gasteiger partial charge in [-0.25, -0.2) is 0 Å². The molecule has 1 unspecified atom stereocenters. The number of esters is 1. The van der Waals surface area contributed by atoms with E-state index in [9.17, 15) is 9.59 Å². The zero-order valence-corrected chi connectivity index (χ0v) is 12.3. The first-order chi connectivity index (χ1) is 8.93. The summed E-state index contributed by atoms with van der Waals surface area (Å²) < 4.78 is 5.52. The van der Waals surface area contributed by atoms with Crippen LogP contribution in [0.25, 0.3) is 0 Å². The smallest absolute Gasteiger partial charge is 0.309 e. The van der Waals surface area contributed by atoms with Crippen LogP contribution in [0.15, 0.2) is 0 Å². The maximum Gasteiger partial charge on any atom is 0.309 e. The van der Waals surface area contributed by atoms with Crippen molar-refractivity contribution in [3.63, 3.8) is 0 Å². The van der Waals surface area contributed by atoms with Crippen molar-refractivity contribution in [1.82, 2.24) is 5.32 Å². The van der Waals surface area contributed by atoms with Crippen molar-refractivity contribution >= 4 is 12.3 Å². The molecular weight excluding hydrogens is 242 g/mol. The van der Waals surface area contributed by atoms with Crippen LogP contribution >= 0.6 is 0 Å². The first-order valence-corrected chi connectivity index (χ1v) is 7.35. The summed E-state index contributed by atoms with van der Waals surface area (Å²) in [4.78, 5) is 23.0. The van der Waals surface area contributed by atoms with Crippen molar-refractivity contribution in [2.45, 2.75) is 58.7 Å². The Morgan fingerprint density at radius 2 is 1.89 bits per heavy atom. The van der Waals surface area contributed by atoms with E-state index < -0.39 is 0 Å². The fraction of sp³-hybridized carbons (Fsp3) is 0.867. The summed E-state index contributed by atoms with van der Waals surface area (Å²) in [6.45, 7) is 8.40. The van der Waals surface area contributed by atoms with Crippen LogP contribution in [0.3, 0.4) is 0 Å². The number of nitrogens with one attached hydrogen (secondary N) is 1. The van der Waals surface area contributed by atoms with Gasteiger partial charge in [-0.05, 0) is 30.6 Å². The molecule has 19 heavy (non-hydrogen) atoms. The molecule has 2 heterocycles. The van der Waals surface area contributed by atoms with Gasteiger partial charge in [0.05, 0.1) is 12.0 Å². The van der Waals surface area contributed by atoms with Crippen molar-refractivity contribution < 1.29 is 14.3 Å². The maximum absolute atomic E-state index is 11.8. The van der Waals surface area contributed by atoms with E-state index in [4.69, 9.17) is 4.74 Å². The molecule has 4 nitrogen and oxygen atoms in total. The lowest BCUT2D eigenvalue weighted by molar-refractivity contribution is -0.146. The highest BCUT2D eigenvalue weighted by molar-refractivity contribution is 5.75. The highest BCUT2D eigenvalue weighted by atomic mass is 16.6. The average molecular weight is 267 g/mol. The molecule has 0 aliphatic carbocycles. The van der Waals surface area contributed by atoms with Crippen molar-refractivity contribution in [3.05, 3.63) is 0 Å². The second-order valence-corrected chi connectivity index (χ2v) is 6.64. The number of rotatable bonds is 4. The van der Waals surface area contributed by atoms with E-state index in [-0.39, 0.29) is 30.1 Å². The van der Waals surface area contributed by atoms with Crippen LogP contribution in [-0.2, 0) is 14.3 Å². The SMILES string of the molecule is CC(C)[C@@H]1C[C@@H]([C@@H]2C[C@@H](C(C)C)C(=O)O2)NC1C=O. The molecule has 2 rings (SSSR count). The Kier molecular flexibility index (Phi) is 4.29.